The van der Waals surface area contributed by atoms with Crippen molar-refractivity contribution in [3.05, 3.63) is 83.9 Å². The molecule has 1 N–H and O–H groups in total. The summed E-state index contributed by atoms with van der Waals surface area (Å²) in [4.78, 5) is 34.7. The minimum absolute atomic E-state index is 0.229. The zero-order valence-electron chi connectivity index (χ0n) is 14.3. The van der Waals surface area contributed by atoms with E-state index in [2.05, 4.69) is 0 Å². The highest BCUT2D eigenvalue weighted by Gasteiger charge is 2.21. The highest BCUT2D eigenvalue weighted by molar-refractivity contribution is 6.37. The molecule has 0 saturated carbocycles. The average molecular weight is 365 g/mol. The molecule has 0 spiro atoms. The topological polar surface area (TPSA) is 76.4 Å². The van der Waals surface area contributed by atoms with Crippen LogP contribution in [0.1, 0.15) is 22.5 Å². The van der Waals surface area contributed by atoms with Crippen LogP contribution in [-0.4, -0.2) is 27.2 Å². The number of hydrogen-bond donors (Lipinski definition) is 1. The highest BCUT2D eigenvalue weighted by atomic mass is 19.1. The molecule has 0 saturated heterocycles. The monoisotopic (exact) mass is 365 g/mol. The first-order chi connectivity index (χ1) is 12.9. The first kappa shape index (κ1) is 18.3. The summed E-state index contributed by atoms with van der Waals surface area (Å²) in [5, 5.41) is 8.75. The first-order valence-electron chi connectivity index (χ1n) is 8.23. The van der Waals surface area contributed by atoms with Crippen LogP contribution in [0.4, 0.5) is 4.39 Å². The summed E-state index contributed by atoms with van der Waals surface area (Å²) in [7, 11) is 0. The fourth-order valence-corrected chi connectivity index (χ4v) is 2.76. The van der Waals surface area contributed by atoms with Gasteiger partial charge in [0.25, 0.3) is 0 Å². The molecular formula is C21H16FNO4. The number of hydrogen-bond acceptors (Lipinski definition) is 3. The quantitative estimate of drug-likeness (QED) is 0.395. The number of carboxylic acids is 1. The van der Waals surface area contributed by atoms with Crippen molar-refractivity contribution in [2.75, 3.05) is 0 Å². The van der Waals surface area contributed by atoms with E-state index in [1.807, 2.05) is 30.3 Å². The number of ketones is 2. The molecule has 1 aromatic heterocycles. The molecule has 0 amide bonds. The number of benzene rings is 2. The third-order valence-electron chi connectivity index (χ3n) is 4.12. The zero-order valence-corrected chi connectivity index (χ0v) is 14.3. The lowest BCUT2D eigenvalue weighted by Gasteiger charge is -2.08. The van der Waals surface area contributed by atoms with Crippen molar-refractivity contribution >= 4 is 17.5 Å². The van der Waals surface area contributed by atoms with Crippen molar-refractivity contribution < 1.29 is 23.9 Å². The Bertz CT molecular complexity index is 991. The lowest BCUT2D eigenvalue weighted by molar-refractivity contribution is -0.148. The van der Waals surface area contributed by atoms with Crippen molar-refractivity contribution in [1.29, 1.82) is 0 Å². The lowest BCUT2D eigenvalue weighted by Crippen LogP contribution is -2.19. The molecule has 0 fully saturated rings. The highest BCUT2D eigenvalue weighted by Crippen LogP contribution is 2.24. The second-order valence-electron chi connectivity index (χ2n) is 6.06. The van der Waals surface area contributed by atoms with Crippen LogP contribution < -0.4 is 0 Å². The Morgan fingerprint density at radius 3 is 2.22 bits per heavy atom. The third-order valence-corrected chi connectivity index (χ3v) is 4.12. The van der Waals surface area contributed by atoms with Crippen LogP contribution in [0, 0.1) is 5.82 Å². The molecule has 136 valence electrons. The smallest absolute Gasteiger partial charge is 0.372 e. The Kier molecular flexibility index (Phi) is 5.26. The molecule has 0 aliphatic carbocycles. The Balaban J connectivity index is 1.97. The van der Waals surface area contributed by atoms with Crippen LogP contribution in [0.5, 0.6) is 0 Å². The number of halogens is 1. The van der Waals surface area contributed by atoms with Crippen LogP contribution in [-0.2, 0) is 16.1 Å². The number of carboxylic acid groups (broad SMARTS) is 1. The van der Waals surface area contributed by atoms with Gasteiger partial charge in [0.15, 0.2) is 5.78 Å². The number of aromatic nitrogens is 1. The van der Waals surface area contributed by atoms with Gasteiger partial charge in [-0.05, 0) is 29.3 Å². The van der Waals surface area contributed by atoms with Gasteiger partial charge < -0.3 is 9.67 Å². The molecular weight excluding hydrogens is 349 g/mol. The van der Waals surface area contributed by atoms with Gasteiger partial charge in [0, 0.05) is 18.3 Å². The number of Topliss-reactive ketones (excluding diaryl/α,β-unsaturated/α-hetero) is 2. The normalized spacial score (nSPS) is 10.6. The van der Waals surface area contributed by atoms with E-state index in [1.165, 1.54) is 12.1 Å². The molecule has 3 aromatic rings. The Morgan fingerprint density at radius 2 is 1.59 bits per heavy atom. The van der Waals surface area contributed by atoms with Crippen LogP contribution in [0.15, 0.2) is 66.9 Å². The van der Waals surface area contributed by atoms with Crippen molar-refractivity contribution in [3.8, 4) is 11.1 Å². The van der Waals surface area contributed by atoms with Gasteiger partial charge >= 0.3 is 5.97 Å². The number of carbonyl (C=O) groups is 3. The number of rotatable bonds is 7. The van der Waals surface area contributed by atoms with E-state index in [1.54, 1.807) is 29.0 Å². The Labute approximate surface area is 154 Å². The van der Waals surface area contributed by atoms with E-state index in [0.29, 0.717) is 0 Å². The summed E-state index contributed by atoms with van der Waals surface area (Å²) in [6.07, 6.45) is 1.05. The molecule has 0 aliphatic rings. The number of aliphatic carboxylic acids is 1. The van der Waals surface area contributed by atoms with Crippen LogP contribution >= 0.6 is 0 Å². The Morgan fingerprint density at radius 1 is 0.926 bits per heavy atom. The maximum absolute atomic E-state index is 13.1. The van der Waals surface area contributed by atoms with Crippen LogP contribution in [0.3, 0.4) is 0 Å². The van der Waals surface area contributed by atoms with E-state index in [4.69, 9.17) is 5.11 Å². The minimum atomic E-state index is -1.64. The average Bonchev–Trinajstić information content (AvgIpc) is 3.08. The van der Waals surface area contributed by atoms with Gasteiger partial charge in [0.2, 0.25) is 5.78 Å². The second-order valence-corrected chi connectivity index (χ2v) is 6.06. The van der Waals surface area contributed by atoms with Crippen molar-refractivity contribution in [3.63, 3.8) is 0 Å². The summed E-state index contributed by atoms with van der Waals surface area (Å²) in [6.45, 7) is 0.287. The maximum Gasteiger partial charge on any atom is 0.372 e. The van der Waals surface area contributed by atoms with E-state index < -0.39 is 24.0 Å². The molecule has 5 nitrogen and oxygen atoms in total. The molecule has 3 rings (SSSR count). The molecule has 6 heteroatoms. The standard InChI is InChI=1S/C21H16FNO4/c22-17-8-6-14(7-9-17)12-23-13-16(15-4-2-1-3-5-15)10-18(23)19(24)11-20(25)21(26)27/h1-10,13H,11-12H2,(H,26,27). The fourth-order valence-electron chi connectivity index (χ4n) is 2.76. The third kappa shape index (κ3) is 4.36. The largest absolute Gasteiger partial charge is 0.475 e. The Hall–Kier alpha value is -3.54. The summed E-state index contributed by atoms with van der Waals surface area (Å²) in [5.74, 6) is -3.73. The predicted molar refractivity (Wildman–Crippen MR) is 97.0 cm³/mol. The second kappa shape index (κ2) is 7.78. The molecule has 0 bridgehead atoms. The van der Waals surface area contributed by atoms with Gasteiger partial charge in [-0.25, -0.2) is 9.18 Å². The molecule has 1 heterocycles. The van der Waals surface area contributed by atoms with Crippen molar-refractivity contribution in [2.24, 2.45) is 0 Å². The number of carbonyl (C=O) groups excluding carboxylic acids is 2. The summed E-state index contributed by atoms with van der Waals surface area (Å²) in [5.41, 5.74) is 2.65. The molecule has 0 unspecified atom stereocenters. The van der Waals surface area contributed by atoms with E-state index in [-0.39, 0.29) is 18.1 Å². The van der Waals surface area contributed by atoms with Crippen LogP contribution in [0.25, 0.3) is 11.1 Å². The fraction of sp³-hybridized carbons (Fsp3) is 0.0952. The van der Waals surface area contributed by atoms with E-state index >= 15 is 0 Å². The SMILES string of the molecule is O=C(O)C(=O)CC(=O)c1cc(-c2ccccc2)cn1Cc1ccc(F)cc1. The van der Waals surface area contributed by atoms with Gasteiger partial charge in [0.1, 0.15) is 5.82 Å². The van der Waals surface area contributed by atoms with Crippen LogP contribution in [0.2, 0.25) is 0 Å². The summed E-state index contributed by atoms with van der Waals surface area (Å²) >= 11 is 0. The van der Waals surface area contributed by atoms with E-state index in [0.717, 1.165) is 16.7 Å². The molecule has 0 radical (unpaired) electrons. The summed E-state index contributed by atoms with van der Waals surface area (Å²) < 4.78 is 14.8. The minimum Gasteiger partial charge on any atom is -0.475 e. The van der Waals surface area contributed by atoms with Gasteiger partial charge in [-0.1, -0.05) is 42.5 Å². The molecule has 0 aliphatic heterocycles. The van der Waals surface area contributed by atoms with E-state index in [9.17, 15) is 18.8 Å². The zero-order chi connectivity index (χ0) is 19.4. The van der Waals surface area contributed by atoms with Gasteiger partial charge in [-0.2, -0.15) is 0 Å². The van der Waals surface area contributed by atoms with Gasteiger partial charge in [0.05, 0.1) is 12.1 Å². The first-order valence-corrected chi connectivity index (χ1v) is 8.23. The van der Waals surface area contributed by atoms with Crippen molar-refractivity contribution in [1.82, 2.24) is 4.57 Å². The molecule has 2 aromatic carbocycles. The molecule has 0 atom stereocenters. The predicted octanol–water partition coefficient (Wildman–Crippen LogP) is 3.57. The lowest BCUT2D eigenvalue weighted by atomic mass is 10.1. The molecule has 27 heavy (non-hydrogen) atoms. The van der Waals surface area contributed by atoms with Gasteiger partial charge in [-0.3, -0.25) is 9.59 Å². The number of nitrogens with zero attached hydrogens (tertiary/aromatic N) is 1. The van der Waals surface area contributed by atoms with Crippen molar-refractivity contribution in [2.45, 2.75) is 13.0 Å². The van der Waals surface area contributed by atoms with Gasteiger partial charge in [-0.15, -0.1) is 0 Å². The summed E-state index contributed by atoms with van der Waals surface area (Å²) in [6, 6.07) is 16.9. The maximum atomic E-state index is 13.1.